The molecule has 3 N–H and O–H groups in total. The summed E-state index contributed by atoms with van der Waals surface area (Å²) < 4.78 is 5.33. The van der Waals surface area contributed by atoms with Gasteiger partial charge in [-0.25, -0.2) is 0 Å². The molecule has 0 heterocycles. The third kappa shape index (κ3) is 5.17. The molecule has 4 nitrogen and oxygen atoms in total. The van der Waals surface area contributed by atoms with Crippen LogP contribution in [-0.2, 0) is 4.79 Å². The lowest BCUT2D eigenvalue weighted by Crippen LogP contribution is -2.11. The summed E-state index contributed by atoms with van der Waals surface area (Å²) in [6, 6.07) is 7.19. The van der Waals surface area contributed by atoms with Crippen molar-refractivity contribution in [1.29, 1.82) is 0 Å². The zero-order valence-electron chi connectivity index (χ0n) is 10.2. The van der Waals surface area contributed by atoms with Crippen molar-refractivity contribution in [2.75, 3.05) is 18.5 Å². The molecular weight excluding hydrogens is 216 g/mol. The highest BCUT2D eigenvalue weighted by Crippen LogP contribution is 2.15. The van der Waals surface area contributed by atoms with Crippen molar-refractivity contribution in [3.05, 3.63) is 35.9 Å². The summed E-state index contributed by atoms with van der Waals surface area (Å²) in [5.74, 6) is 0.622. The Labute approximate surface area is 101 Å². The Kier molecular flexibility index (Phi) is 5.23. The van der Waals surface area contributed by atoms with Crippen LogP contribution in [0.2, 0.25) is 0 Å². The van der Waals surface area contributed by atoms with E-state index < -0.39 is 0 Å². The fourth-order valence-electron chi connectivity index (χ4n) is 1.25. The molecule has 0 aliphatic heterocycles. The standard InChI is InChI=1S/C13H18N2O2/c1-10(2)9-13(16)15-11-3-5-12(6-4-11)17-8-7-14/h3-6,9H,7-8,14H2,1-2H3,(H,15,16). The molecule has 0 unspecified atom stereocenters. The van der Waals surface area contributed by atoms with Crippen LogP contribution in [0.4, 0.5) is 5.69 Å². The third-order valence-electron chi connectivity index (χ3n) is 1.93. The number of anilines is 1. The van der Waals surface area contributed by atoms with Crippen LogP contribution in [0.3, 0.4) is 0 Å². The van der Waals surface area contributed by atoms with Crippen molar-refractivity contribution in [1.82, 2.24) is 0 Å². The third-order valence-corrected chi connectivity index (χ3v) is 1.93. The molecule has 92 valence electrons. The first kappa shape index (κ1) is 13.3. The van der Waals surface area contributed by atoms with Crippen LogP contribution in [0, 0.1) is 0 Å². The molecule has 0 saturated carbocycles. The highest BCUT2D eigenvalue weighted by Gasteiger charge is 1.99. The van der Waals surface area contributed by atoms with Gasteiger partial charge in [-0.3, -0.25) is 4.79 Å². The van der Waals surface area contributed by atoms with E-state index in [9.17, 15) is 4.79 Å². The molecule has 0 aliphatic carbocycles. The number of ether oxygens (including phenoxy) is 1. The van der Waals surface area contributed by atoms with E-state index >= 15 is 0 Å². The van der Waals surface area contributed by atoms with Gasteiger partial charge in [0.25, 0.3) is 0 Å². The first-order valence-electron chi connectivity index (χ1n) is 5.50. The number of benzene rings is 1. The number of rotatable bonds is 5. The molecule has 0 spiro atoms. The fraction of sp³-hybridized carbons (Fsp3) is 0.308. The van der Waals surface area contributed by atoms with Gasteiger partial charge < -0.3 is 15.8 Å². The van der Waals surface area contributed by atoms with Crippen molar-refractivity contribution in [3.63, 3.8) is 0 Å². The van der Waals surface area contributed by atoms with Gasteiger partial charge in [-0.1, -0.05) is 5.57 Å². The number of hydrogen-bond donors (Lipinski definition) is 2. The molecule has 0 aliphatic rings. The maximum Gasteiger partial charge on any atom is 0.248 e. The van der Waals surface area contributed by atoms with Crippen LogP contribution in [0.1, 0.15) is 13.8 Å². The van der Waals surface area contributed by atoms with Gasteiger partial charge in [0.1, 0.15) is 12.4 Å². The Morgan fingerprint density at radius 2 is 2.00 bits per heavy atom. The van der Waals surface area contributed by atoms with Gasteiger partial charge in [-0.05, 0) is 38.1 Å². The van der Waals surface area contributed by atoms with E-state index in [1.54, 1.807) is 30.3 Å². The minimum Gasteiger partial charge on any atom is -0.492 e. The predicted molar refractivity (Wildman–Crippen MR) is 69.1 cm³/mol. The lowest BCUT2D eigenvalue weighted by atomic mass is 10.3. The van der Waals surface area contributed by atoms with Crippen LogP contribution in [0.25, 0.3) is 0 Å². The first-order valence-corrected chi connectivity index (χ1v) is 5.50. The smallest absolute Gasteiger partial charge is 0.248 e. The van der Waals surface area contributed by atoms with Crippen molar-refractivity contribution < 1.29 is 9.53 Å². The summed E-state index contributed by atoms with van der Waals surface area (Å²) in [6.45, 7) is 4.73. The average molecular weight is 234 g/mol. The van der Waals surface area contributed by atoms with Gasteiger partial charge in [-0.2, -0.15) is 0 Å². The average Bonchev–Trinajstić information content (AvgIpc) is 2.27. The minimum absolute atomic E-state index is 0.124. The summed E-state index contributed by atoms with van der Waals surface area (Å²) in [5, 5.41) is 2.76. The first-order chi connectivity index (χ1) is 8.11. The molecule has 0 atom stereocenters. The summed E-state index contributed by atoms with van der Waals surface area (Å²) >= 11 is 0. The number of allylic oxidation sites excluding steroid dienone is 1. The van der Waals surface area contributed by atoms with Crippen molar-refractivity contribution in [3.8, 4) is 5.75 Å². The summed E-state index contributed by atoms with van der Waals surface area (Å²) in [6.07, 6.45) is 1.55. The van der Waals surface area contributed by atoms with Gasteiger partial charge in [0.05, 0.1) is 0 Å². The highest BCUT2D eigenvalue weighted by molar-refractivity contribution is 5.99. The number of carbonyl (C=O) groups excluding carboxylic acids is 1. The van der Waals surface area contributed by atoms with E-state index in [1.807, 2.05) is 13.8 Å². The Morgan fingerprint density at radius 1 is 1.35 bits per heavy atom. The monoisotopic (exact) mass is 234 g/mol. The molecule has 0 saturated heterocycles. The predicted octanol–water partition coefficient (Wildman–Crippen LogP) is 1.93. The normalized spacial score (nSPS) is 9.59. The topological polar surface area (TPSA) is 64.3 Å². The van der Waals surface area contributed by atoms with Crippen molar-refractivity contribution in [2.24, 2.45) is 5.73 Å². The summed E-state index contributed by atoms with van der Waals surface area (Å²) in [5.41, 5.74) is 7.04. The molecule has 17 heavy (non-hydrogen) atoms. The van der Waals surface area contributed by atoms with Gasteiger partial charge in [0.2, 0.25) is 5.91 Å². The Balaban J connectivity index is 2.56. The molecule has 0 bridgehead atoms. The van der Waals surface area contributed by atoms with Crippen LogP contribution in [0.5, 0.6) is 5.75 Å². The Hall–Kier alpha value is -1.81. The van der Waals surface area contributed by atoms with E-state index in [0.717, 1.165) is 17.0 Å². The number of carbonyl (C=O) groups is 1. The second-order valence-electron chi connectivity index (χ2n) is 3.87. The van der Waals surface area contributed by atoms with E-state index in [0.29, 0.717) is 13.2 Å². The molecule has 1 aromatic rings. The molecule has 0 aromatic heterocycles. The zero-order chi connectivity index (χ0) is 12.7. The van der Waals surface area contributed by atoms with E-state index in [2.05, 4.69) is 5.32 Å². The van der Waals surface area contributed by atoms with Crippen LogP contribution in [-0.4, -0.2) is 19.1 Å². The van der Waals surface area contributed by atoms with Crippen LogP contribution in [0.15, 0.2) is 35.9 Å². The molecule has 0 radical (unpaired) electrons. The maximum atomic E-state index is 11.4. The highest BCUT2D eigenvalue weighted by atomic mass is 16.5. The minimum atomic E-state index is -0.124. The van der Waals surface area contributed by atoms with Crippen LogP contribution >= 0.6 is 0 Å². The Bertz CT molecular complexity index is 392. The number of amides is 1. The lowest BCUT2D eigenvalue weighted by molar-refractivity contribution is -0.111. The molecular formula is C13H18N2O2. The van der Waals surface area contributed by atoms with Crippen molar-refractivity contribution >= 4 is 11.6 Å². The second kappa shape index (κ2) is 6.70. The van der Waals surface area contributed by atoms with E-state index in [4.69, 9.17) is 10.5 Å². The molecule has 1 aromatic carbocycles. The van der Waals surface area contributed by atoms with Crippen molar-refractivity contribution in [2.45, 2.75) is 13.8 Å². The maximum absolute atomic E-state index is 11.4. The molecule has 1 amide bonds. The van der Waals surface area contributed by atoms with Crippen LogP contribution < -0.4 is 15.8 Å². The zero-order valence-corrected chi connectivity index (χ0v) is 10.2. The second-order valence-corrected chi connectivity index (χ2v) is 3.87. The Morgan fingerprint density at radius 3 is 2.53 bits per heavy atom. The lowest BCUT2D eigenvalue weighted by Gasteiger charge is -2.06. The van der Waals surface area contributed by atoms with Gasteiger partial charge in [-0.15, -0.1) is 0 Å². The molecule has 0 fully saturated rings. The SMILES string of the molecule is CC(C)=CC(=O)Nc1ccc(OCCN)cc1. The number of nitrogens with one attached hydrogen (secondary N) is 1. The quantitative estimate of drug-likeness (QED) is 0.765. The summed E-state index contributed by atoms with van der Waals surface area (Å²) in [7, 11) is 0. The summed E-state index contributed by atoms with van der Waals surface area (Å²) in [4.78, 5) is 11.4. The molecule has 4 heteroatoms. The van der Waals surface area contributed by atoms with E-state index in [-0.39, 0.29) is 5.91 Å². The largest absolute Gasteiger partial charge is 0.492 e. The van der Waals surface area contributed by atoms with Gasteiger partial charge >= 0.3 is 0 Å². The number of nitrogens with two attached hydrogens (primary N) is 1. The van der Waals surface area contributed by atoms with E-state index in [1.165, 1.54) is 0 Å². The van der Waals surface area contributed by atoms with Gasteiger partial charge in [0.15, 0.2) is 0 Å². The number of hydrogen-bond acceptors (Lipinski definition) is 3. The molecule has 1 rings (SSSR count). The van der Waals surface area contributed by atoms with Gasteiger partial charge in [0, 0.05) is 18.3 Å². The fourth-order valence-corrected chi connectivity index (χ4v) is 1.25.